The van der Waals surface area contributed by atoms with Gasteiger partial charge in [0.25, 0.3) is 0 Å². The number of aromatic nitrogens is 1. The molecule has 0 atom stereocenters. The molecule has 0 aliphatic rings. The molecule has 1 aromatic heterocycles. The molecule has 1 aromatic rings. The number of pyridine rings is 1. The zero-order valence-corrected chi connectivity index (χ0v) is 12.0. The number of aryl methyl sites for hydroxylation is 1. The van der Waals surface area contributed by atoms with Gasteiger partial charge in [0, 0.05) is 18.7 Å². The summed E-state index contributed by atoms with van der Waals surface area (Å²) in [5.41, 5.74) is 5.12. The molecule has 90 valence electrons. The summed E-state index contributed by atoms with van der Waals surface area (Å²) in [5, 5.41) is 2.68. The highest BCUT2D eigenvalue weighted by Gasteiger charge is 2.08. The molecular weight excluding hydrogens is 228 g/mol. The SMILES string of the molecule is CC(=O)Nc1ncc(C#C[Si](C)(C)C)cc1C. The Labute approximate surface area is 104 Å². The van der Waals surface area contributed by atoms with Gasteiger partial charge in [0.1, 0.15) is 13.9 Å². The largest absolute Gasteiger partial charge is 0.311 e. The van der Waals surface area contributed by atoms with E-state index in [1.54, 1.807) is 6.20 Å². The monoisotopic (exact) mass is 246 g/mol. The first-order valence-electron chi connectivity index (χ1n) is 5.55. The zero-order chi connectivity index (χ0) is 13.1. The molecule has 0 aromatic carbocycles. The maximum Gasteiger partial charge on any atom is 0.222 e. The fourth-order valence-corrected chi connectivity index (χ4v) is 1.72. The van der Waals surface area contributed by atoms with E-state index in [2.05, 4.69) is 41.4 Å². The Morgan fingerprint density at radius 2 is 2.06 bits per heavy atom. The second-order valence-corrected chi connectivity index (χ2v) is 9.82. The Bertz CT molecular complexity index is 492. The van der Waals surface area contributed by atoms with Crippen molar-refractivity contribution in [1.29, 1.82) is 0 Å². The number of carbonyl (C=O) groups excluding carboxylic acids is 1. The molecule has 1 rings (SSSR count). The van der Waals surface area contributed by atoms with Crippen molar-refractivity contribution < 1.29 is 4.79 Å². The Hall–Kier alpha value is -1.60. The molecule has 0 aliphatic heterocycles. The van der Waals surface area contributed by atoms with Crippen LogP contribution in [0.3, 0.4) is 0 Å². The van der Waals surface area contributed by atoms with Gasteiger partial charge in [-0.2, -0.15) is 0 Å². The molecule has 0 saturated carbocycles. The van der Waals surface area contributed by atoms with E-state index in [-0.39, 0.29) is 5.91 Å². The van der Waals surface area contributed by atoms with Gasteiger partial charge in [-0.3, -0.25) is 4.79 Å². The number of anilines is 1. The van der Waals surface area contributed by atoms with Crippen molar-refractivity contribution in [1.82, 2.24) is 4.98 Å². The summed E-state index contributed by atoms with van der Waals surface area (Å²) in [4.78, 5) is 15.1. The van der Waals surface area contributed by atoms with Crippen molar-refractivity contribution in [3.8, 4) is 11.5 Å². The fourth-order valence-electron chi connectivity index (χ4n) is 1.20. The van der Waals surface area contributed by atoms with Gasteiger partial charge in [-0.1, -0.05) is 25.6 Å². The Kier molecular flexibility index (Phi) is 4.08. The smallest absolute Gasteiger partial charge is 0.222 e. The number of amides is 1. The topological polar surface area (TPSA) is 42.0 Å². The lowest BCUT2D eigenvalue weighted by Gasteiger charge is -2.06. The van der Waals surface area contributed by atoms with Crippen molar-refractivity contribution in [2.75, 3.05) is 5.32 Å². The van der Waals surface area contributed by atoms with Crippen LogP contribution in [0.4, 0.5) is 5.82 Å². The second-order valence-electron chi connectivity index (χ2n) is 5.07. The average Bonchev–Trinajstić information content (AvgIpc) is 2.17. The van der Waals surface area contributed by atoms with Crippen LogP contribution in [0.5, 0.6) is 0 Å². The molecule has 17 heavy (non-hydrogen) atoms. The third-order valence-corrected chi connectivity index (χ3v) is 2.83. The highest BCUT2D eigenvalue weighted by molar-refractivity contribution is 6.83. The predicted molar refractivity (Wildman–Crippen MR) is 73.5 cm³/mol. The van der Waals surface area contributed by atoms with Gasteiger partial charge in [0.2, 0.25) is 5.91 Å². The van der Waals surface area contributed by atoms with Crippen LogP contribution in [0, 0.1) is 18.4 Å². The van der Waals surface area contributed by atoms with Gasteiger partial charge < -0.3 is 5.32 Å². The van der Waals surface area contributed by atoms with Crippen LogP contribution >= 0.6 is 0 Å². The van der Waals surface area contributed by atoms with E-state index in [1.165, 1.54) is 6.92 Å². The summed E-state index contributed by atoms with van der Waals surface area (Å²) < 4.78 is 0. The van der Waals surface area contributed by atoms with Crippen LogP contribution in [0.1, 0.15) is 18.1 Å². The third kappa shape index (κ3) is 4.83. The lowest BCUT2D eigenvalue weighted by molar-refractivity contribution is -0.114. The fraction of sp³-hybridized carbons (Fsp3) is 0.385. The zero-order valence-electron chi connectivity index (χ0n) is 11.0. The van der Waals surface area contributed by atoms with Crippen molar-refractivity contribution in [2.45, 2.75) is 33.5 Å². The summed E-state index contributed by atoms with van der Waals surface area (Å²) in [7, 11) is -1.36. The normalized spacial score (nSPS) is 10.4. The third-order valence-electron chi connectivity index (χ3n) is 1.95. The van der Waals surface area contributed by atoms with E-state index >= 15 is 0 Å². The highest BCUT2D eigenvalue weighted by Crippen LogP contribution is 2.12. The summed E-state index contributed by atoms with van der Waals surface area (Å²) in [6.45, 7) is 9.99. The van der Waals surface area contributed by atoms with E-state index in [0.29, 0.717) is 5.82 Å². The van der Waals surface area contributed by atoms with Crippen LogP contribution in [-0.4, -0.2) is 19.0 Å². The summed E-state index contributed by atoms with van der Waals surface area (Å²) in [6.07, 6.45) is 1.70. The molecule has 0 radical (unpaired) electrons. The molecule has 1 heterocycles. The minimum atomic E-state index is -1.36. The van der Waals surface area contributed by atoms with E-state index in [4.69, 9.17) is 0 Å². The van der Waals surface area contributed by atoms with Crippen LogP contribution in [0.25, 0.3) is 0 Å². The maximum absolute atomic E-state index is 10.9. The lowest BCUT2D eigenvalue weighted by atomic mass is 10.2. The number of nitrogens with one attached hydrogen (secondary N) is 1. The number of nitrogens with zero attached hydrogens (tertiary/aromatic N) is 1. The molecular formula is C13H18N2OSi. The molecule has 0 spiro atoms. The molecule has 4 heteroatoms. The van der Waals surface area contributed by atoms with Gasteiger partial charge >= 0.3 is 0 Å². The molecule has 1 N–H and O–H groups in total. The average molecular weight is 246 g/mol. The predicted octanol–water partition coefficient (Wildman–Crippen LogP) is 2.58. The molecule has 0 saturated heterocycles. The Balaban J connectivity index is 2.96. The molecule has 0 unspecified atom stereocenters. The summed E-state index contributed by atoms with van der Waals surface area (Å²) in [5.74, 6) is 3.64. The summed E-state index contributed by atoms with van der Waals surface area (Å²) >= 11 is 0. The van der Waals surface area contributed by atoms with Crippen LogP contribution < -0.4 is 5.32 Å². The van der Waals surface area contributed by atoms with Crippen molar-refractivity contribution in [3.05, 3.63) is 23.4 Å². The van der Waals surface area contributed by atoms with Crippen molar-refractivity contribution in [2.24, 2.45) is 0 Å². The lowest BCUT2D eigenvalue weighted by Crippen LogP contribution is -2.16. The molecule has 1 amide bonds. The van der Waals surface area contributed by atoms with Gasteiger partial charge in [0.05, 0.1) is 0 Å². The van der Waals surface area contributed by atoms with E-state index in [0.717, 1.165) is 11.1 Å². The summed E-state index contributed by atoms with van der Waals surface area (Å²) in [6, 6.07) is 1.95. The van der Waals surface area contributed by atoms with Crippen LogP contribution in [0.2, 0.25) is 19.6 Å². The van der Waals surface area contributed by atoms with Crippen molar-refractivity contribution >= 4 is 19.8 Å². The van der Waals surface area contributed by atoms with Gasteiger partial charge in [-0.25, -0.2) is 4.98 Å². The first kappa shape index (κ1) is 13.5. The van der Waals surface area contributed by atoms with Gasteiger partial charge in [0.15, 0.2) is 0 Å². The highest BCUT2D eigenvalue weighted by atomic mass is 28.3. The van der Waals surface area contributed by atoms with Gasteiger partial charge in [-0.05, 0) is 18.6 Å². The van der Waals surface area contributed by atoms with E-state index < -0.39 is 8.07 Å². The van der Waals surface area contributed by atoms with Crippen molar-refractivity contribution in [3.63, 3.8) is 0 Å². The quantitative estimate of drug-likeness (QED) is 0.611. The first-order valence-corrected chi connectivity index (χ1v) is 9.05. The first-order chi connectivity index (χ1) is 7.78. The minimum Gasteiger partial charge on any atom is -0.311 e. The number of carbonyl (C=O) groups is 1. The Morgan fingerprint density at radius 1 is 1.41 bits per heavy atom. The van der Waals surface area contributed by atoms with Crippen LogP contribution in [0.15, 0.2) is 12.3 Å². The second kappa shape index (κ2) is 5.15. The molecule has 0 bridgehead atoms. The number of hydrogen-bond acceptors (Lipinski definition) is 2. The number of hydrogen-bond donors (Lipinski definition) is 1. The number of rotatable bonds is 1. The van der Waals surface area contributed by atoms with E-state index in [9.17, 15) is 4.79 Å². The standard InChI is InChI=1S/C13H18N2OSi/c1-10-8-12(6-7-17(3,4)5)9-14-13(10)15-11(2)16/h8-9H,1-5H3,(H,14,15,16). The minimum absolute atomic E-state index is 0.110. The van der Waals surface area contributed by atoms with Crippen LogP contribution in [-0.2, 0) is 4.79 Å². The van der Waals surface area contributed by atoms with Gasteiger partial charge in [-0.15, -0.1) is 5.54 Å². The Morgan fingerprint density at radius 3 is 2.53 bits per heavy atom. The molecule has 0 aliphatic carbocycles. The molecule has 3 nitrogen and oxygen atoms in total. The van der Waals surface area contributed by atoms with E-state index in [1.807, 2.05) is 13.0 Å². The molecule has 0 fully saturated rings. The maximum atomic E-state index is 10.9.